The van der Waals surface area contributed by atoms with Gasteiger partial charge < -0.3 is 15.6 Å². The van der Waals surface area contributed by atoms with Crippen molar-refractivity contribution in [3.8, 4) is 5.75 Å². The van der Waals surface area contributed by atoms with Crippen molar-refractivity contribution < 1.29 is 9.84 Å². The molecule has 0 aliphatic heterocycles. The van der Waals surface area contributed by atoms with Gasteiger partial charge in [-0.15, -0.1) is 0 Å². The number of aliphatic hydroxyl groups is 1. The first-order valence-electron chi connectivity index (χ1n) is 6.01. The molecule has 0 bridgehead atoms. The fourth-order valence-electron chi connectivity index (χ4n) is 1.54. The second kappa shape index (κ2) is 5.52. The van der Waals surface area contributed by atoms with Gasteiger partial charge in [0.1, 0.15) is 18.0 Å². The van der Waals surface area contributed by atoms with Crippen molar-refractivity contribution >= 4 is 0 Å². The highest BCUT2D eigenvalue weighted by atomic mass is 16.5. The van der Waals surface area contributed by atoms with Crippen LogP contribution in [0.3, 0.4) is 0 Å². The molecule has 0 amide bonds. The lowest BCUT2D eigenvalue weighted by molar-refractivity contribution is 0.0192. The van der Waals surface area contributed by atoms with E-state index in [1.165, 1.54) is 0 Å². The van der Waals surface area contributed by atoms with Gasteiger partial charge in [0, 0.05) is 6.54 Å². The molecule has 0 saturated carbocycles. The van der Waals surface area contributed by atoms with Crippen LogP contribution < -0.4 is 10.5 Å². The predicted octanol–water partition coefficient (Wildman–Crippen LogP) is 2.21. The lowest BCUT2D eigenvalue weighted by atomic mass is 10.0. The average Bonchev–Trinajstić information content (AvgIpc) is 2.26. The van der Waals surface area contributed by atoms with Crippen molar-refractivity contribution in [3.63, 3.8) is 0 Å². The van der Waals surface area contributed by atoms with Crippen LogP contribution in [0, 0.1) is 6.92 Å². The number of hydrogen-bond donors (Lipinski definition) is 2. The van der Waals surface area contributed by atoms with Crippen LogP contribution in [0.2, 0.25) is 0 Å². The number of hydrogen-bond acceptors (Lipinski definition) is 3. The Morgan fingerprint density at radius 2 is 2.06 bits per heavy atom. The zero-order chi connectivity index (χ0) is 13.1. The van der Waals surface area contributed by atoms with E-state index in [0.717, 1.165) is 16.9 Å². The van der Waals surface area contributed by atoms with Gasteiger partial charge in [0.15, 0.2) is 0 Å². The van der Waals surface area contributed by atoms with E-state index in [-0.39, 0.29) is 13.2 Å². The highest BCUT2D eigenvalue weighted by Crippen LogP contribution is 2.28. The molecule has 1 rings (SSSR count). The second-order valence-electron chi connectivity index (χ2n) is 5.19. The molecule has 0 aromatic heterocycles. The average molecular weight is 237 g/mol. The molecule has 1 unspecified atom stereocenters. The molecule has 0 aliphatic carbocycles. The van der Waals surface area contributed by atoms with Crippen molar-refractivity contribution in [2.24, 2.45) is 5.73 Å². The maximum absolute atomic E-state index is 9.83. The summed E-state index contributed by atoms with van der Waals surface area (Å²) in [4.78, 5) is 0. The highest BCUT2D eigenvalue weighted by Gasteiger charge is 2.20. The number of benzene rings is 1. The SMILES string of the molecule is Cc1ccc(C(C)C)c(OCC(C)(O)CN)c1. The quantitative estimate of drug-likeness (QED) is 0.825. The normalized spacial score (nSPS) is 14.8. The van der Waals surface area contributed by atoms with E-state index in [4.69, 9.17) is 10.5 Å². The van der Waals surface area contributed by atoms with Crippen LogP contribution >= 0.6 is 0 Å². The Labute approximate surface area is 104 Å². The molecule has 0 aliphatic rings. The van der Waals surface area contributed by atoms with Crippen LogP contribution in [-0.4, -0.2) is 23.9 Å². The molecule has 3 N–H and O–H groups in total. The second-order valence-corrected chi connectivity index (χ2v) is 5.19. The largest absolute Gasteiger partial charge is 0.490 e. The van der Waals surface area contributed by atoms with Gasteiger partial charge >= 0.3 is 0 Å². The minimum atomic E-state index is -0.974. The molecule has 0 fully saturated rings. The Bertz CT molecular complexity index is 372. The van der Waals surface area contributed by atoms with Gasteiger partial charge in [-0.05, 0) is 37.0 Å². The molecule has 0 radical (unpaired) electrons. The fraction of sp³-hybridized carbons (Fsp3) is 0.571. The van der Waals surface area contributed by atoms with Crippen molar-refractivity contribution in [2.45, 2.75) is 39.2 Å². The molecule has 96 valence electrons. The van der Waals surface area contributed by atoms with Gasteiger partial charge in [0.25, 0.3) is 0 Å². The molecule has 0 spiro atoms. The number of aryl methyl sites for hydroxylation is 1. The molecular weight excluding hydrogens is 214 g/mol. The number of nitrogens with two attached hydrogens (primary N) is 1. The van der Waals surface area contributed by atoms with E-state index in [2.05, 4.69) is 26.0 Å². The van der Waals surface area contributed by atoms with E-state index in [9.17, 15) is 5.11 Å². The Morgan fingerprint density at radius 1 is 1.41 bits per heavy atom. The van der Waals surface area contributed by atoms with Gasteiger partial charge in [-0.1, -0.05) is 26.0 Å². The zero-order valence-corrected chi connectivity index (χ0v) is 11.2. The first-order chi connectivity index (χ1) is 7.85. The molecule has 0 heterocycles. The first-order valence-corrected chi connectivity index (χ1v) is 6.01. The van der Waals surface area contributed by atoms with Crippen LogP contribution in [0.1, 0.15) is 37.8 Å². The Morgan fingerprint density at radius 3 is 2.59 bits per heavy atom. The minimum absolute atomic E-state index is 0.190. The molecule has 0 saturated heterocycles. The number of ether oxygens (including phenoxy) is 1. The summed E-state index contributed by atoms with van der Waals surface area (Å²) in [7, 11) is 0. The predicted molar refractivity (Wildman–Crippen MR) is 70.4 cm³/mol. The van der Waals surface area contributed by atoms with E-state index in [0.29, 0.717) is 5.92 Å². The summed E-state index contributed by atoms with van der Waals surface area (Å²) in [5.41, 5.74) is 6.80. The summed E-state index contributed by atoms with van der Waals surface area (Å²) < 4.78 is 5.70. The van der Waals surface area contributed by atoms with Crippen LogP contribution in [0.15, 0.2) is 18.2 Å². The monoisotopic (exact) mass is 237 g/mol. The zero-order valence-electron chi connectivity index (χ0n) is 11.2. The molecule has 1 atom stereocenters. The fourth-order valence-corrected chi connectivity index (χ4v) is 1.54. The van der Waals surface area contributed by atoms with Crippen LogP contribution in [0.4, 0.5) is 0 Å². The van der Waals surface area contributed by atoms with Crippen LogP contribution in [0.25, 0.3) is 0 Å². The summed E-state index contributed by atoms with van der Waals surface area (Å²) in [6.07, 6.45) is 0. The Kier molecular flexibility index (Phi) is 4.54. The van der Waals surface area contributed by atoms with Gasteiger partial charge in [-0.3, -0.25) is 0 Å². The molecule has 1 aromatic carbocycles. The summed E-state index contributed by atoms with van der Waals surface area (Å²) in [6.45, 7) is 8.36. The van der Waals surface area contributed by atoms with E-state index >= 15 is 0 Å². The first kappa shape index (κ1) is 14.0. The molecule has 17 heavy (non-hydrogen) atoms. The van der Waals surface area contributed by atoms with Gasteiger partial charge in [0.05, 0.1) is 0 Å². The third-order valence-corrected chi connectivity index (χ3v) is 2.77. The lowest BCUT2D eigenvalue weighted by Gasteiger charge is -2.23. The minimum Gasteiger partial charge on any atom is -0.490 e. The topological polar surface area (TPSA) is 55.5 Å². The summed E-state index contributed by atoms with van der Waals surface area (Å²) in [5.74, 6) is 1.24. The molecule has 1 aromatic rings. The maximum atomic E-state index is 9.83. The Hall–Kier alpha value is -1.06. The van der Waals surface area contributed by atoms with Crippen LogP contribution in [0.5, 0.6) is 5.75 Å². The van der Waals surface area contributed by atoms with Gasteiger partial charge in [0.2, 0.25) is 0 Å². The van der Waals surface area contributed by atoms with Crippen molar-refractivity contribution in [3.05, 3.63) is 29.3 Å². The van der Waals surface area contributed by atoms with E-state index in [1.54, 1.807) is 6.92 Å². The van der Waals surface area contributed by atoms with Gasteiger partial charge in [-0.2, -0.15) is 0 Å². The standard InChI is InChI=1S/C14H23NO2/c1-10(2)12-6-5-11(3)7-13(12)17-9-14(4,16)8-15/h5-7,10,16H,8-9,15H2,1-4H3. The number of rotatable bonds is 5. The van der Waals surface area contributed by atoms with Crippen molar-refractivity contribution in [2.75, 3.05) is 13.2 Å². The summed E-state index contributed by atoms with van der Waals surface area (Å²) in [6, 6.07) is 6.15. The molecular formula is C14H23NO2. The van der Waals surface area contributed by atoms with Crippen molar-refractivity contribution in [1.29, 1.82) is 0 Å². The summed E-state index contributed by atoms with van der Waals surface area (Å²) in [5, 5.41) is 9.83. The Balaban J connectivity index is 2.85. The highest BCUT2D eigenvalue weighted by molar-refractivity contribution is 5.39. The third-order valence-electron chi connectivity index (χ3n) is 2.77. The van der Waals surface area contributed by atoms with Gasteiger partial charge in [-0.25, -0.2) is 0 Å². The molecule has 3 heteroatoms. The molecule has 3 nitrogen and oxygen atoms in total. The third kappa shape index (κ3) is 4.02. The maximum Gasteiger partial charge on any atom is 0.123 e. The lowest BCUT2D eigenvalue weighted by Crippen LogP contribution is -2.40. The van der Waals surface area contributed by atoms with E-state index in [1.807, 2.05) is 13.0 Å². The summed E-state index contributed by atoms with van der Waals surface area (Å²) >= 11 is 0. The van der Waals surface area contributed by atoms with E-state index < -0.39 is 5.60 Å². The van der Waals surface area contributed by atoms with Crippen molar-refractivity contribution in [1.82, 2.24) is 0 Å². The smallest absolute Gasteiger partial charge is 0.123 e. The van der Waals surface area contributed by atoms with Crippen LogP contribution in [-0.2, 0) is 0 Å².